The normalized spacial score (nSPS) is 18.1. The molecule has 3 N–H and O–H groups in total. The number of primary amides is 1. The standard InChI is InChI=1S/C12H15F3N4O/c13-12(14,15)10-17-5-8(6-18-10)7-19-11(9(16)20)3-1-2-4-11/h5-6,19H,1-4,7H2,(H2,16,20). The number of halogens is 3. The van der Waals surface area contributed by atoms with Crippen LogP contribution in [0.3, 0.4) is 0 Å². The van der Waals surface area contributed by atoms with Crippen LogP contribution >= 0.6 is 0 Å². The van der Waals surface area contributed by atoms with Crippen LogP contribution in [-0.4, -0.2) is 21.4 Å². The van der Waals surface area contributed by atoms with E-state index in [4.69, 9.17) is 5.73 Å². The largest absolute Gasteiger partial charge is 0.451 e. The van der Waals surface area contributed by atoms with Crippen LogP contribution in [0.15, 0.2) is 12.4 Å². The van der Waals surface area contributed by atoms with Crippen molar-refractivity contribution in [2.45, 2.75) is 43.9 Å². The first-order valence-corrected chi connectivity index (χ1v) is 6.26. The third-order valence-electron chi connectivity index (χ3n) is 3.52. The molecular weight excluding hydrogens is 273 g/mol. The Morgan fingerprint density at radius 3 is 2.30 bits per heavy atom. The van der Waals surface area contributed by atoms with Crippen LogP contribution in [0.4, 0.5) is 13.2 Å². The number of hydrogen-bond acceptors (Lipinski definition) is 4. The van der Waals surface area contributed by atoms with Gasteiger partial charge in [-0.2, -0.15) is 13.2 Å². The summed E-state index contributed by atoms with van der Waals surface area (Å²) < 4.78 is 36.9. The van der Waals surface area contributed by atoms with Gasteiger partial charge >= 0.3 is 6.18 Å². The average molecular weight is 288 g/mol. The fraction of sp³-hybridized carbons (Fsp3) is 0.583. The van der Waals surface area contributed by atoms with Crippen molar-refractivity contribution in [3.63, 3.8) is 0 Å². The summed E-state index contributed by atoms with van der Waals surface area (Å²) >= 11 is 0. The van der Waals surface area contributed by atoms with Crippen LogP contribution in [0.25, 0.3) is 0 Å². The zero-order chi connectivity index (χ0) is 14.8. The van der Waals surface area contributed by atoms with E-state index >= 15 is 0 Å². The van der Waals surface area contributed by atoms with Gasteiger partial charge in [0.2, 0.25) is 11.7 Å². The van der Waals surface area contributed by atoms with Gasteiger partial charge < -0.3 is 5.73 Å². The molecule has 0 radical (unpaired) electrons. The second-order valence-corrected chi connectivity index (χ2v) is 4.92. The molecule has 1 aromatic heterocycles. The van der Waals surface area contributed by atoms with E-state index in [0.717, 1.165) is 25.2 Å². The van der Waals surface area contributed by atoms with Crippen LogP contribution in [0.2, 0.25) is 0 Å². The number of rotatable bonds is 4. The highest BCUT2D eigenvalue weighted by molar-refractivity contribution is 5.85. The minimum absolute atomic E-state index is 0.209. The van der Waals surface area contributed by atoms with Gasteiger partial charge in [-0.25, -0.2) is 9.97 Å². The number of carbonyl (C=O) groups is 1. The Kier molecular flexibility index (Phi) is 3.94. The van der Waals surface area contributed by atoms with Gasteiger partial charge in [0.15, 0.2) is 0 Å². The number of nitrogens with one attached hydrogen (secondary N) is 1. The molecule has 1 aromatic rings. The van der Waals surface area contributed by atoms with Crippen molar-refractivity contribution in [2.75, 3.05) is 0 Å². The number of nitrogens with two attached hydrogens (primary N) is 1. The fourth-order valence-corrected chi connectivity index (χ4v) is 2.35. The molecule has 2 rings (SSSR count). The molecule has 0 spiro atoms. The van der Waals surface area contributed by atoms with Crippen molar-refractivity contribution in [3.05, 3.63) is 23.8 Å². The molecule has 1 aliphatic rings. The molecule has 8 heteroatoms. The van der Waals surface area contributed by atoms with E-state index in [9.17, 15) is 18.0 Å². The third kappa shape index (κ3) is 3.06. The number of aromatic nitrogens is 2. The Labute approximate surface area is 113 Å². The van der Waals surface area contributed by atoms with Crippen molar-refractivity contribution in [3.8, 4) is 0 Å². The molecule has 0 saturated heterocycles. The van der Waals surface area contributed by atoms with E-state index < -0.39 is 23.4 Å². The van der Waals surface area contributed by atoms with Gasteiger partial charge in [-0.1, -0.05) is 12.8 Å². The zero-order valence-corrected chi connectivity index (χ0v) is 10.7. The van der Waals surface area contributed by atoms with Crippen LogP contribution in [-0.2, 0) is 17.5 Å². The highest BCUT2D eigenvalue weighted by atomic mass is 19.4. The summed E-state index contributed by atoms with van der Waals surface area (Å²) in [5, 5.41) is 3.03. The van der Waals surface area contributed by atoms with Gasteiger partial charge in [-0.3, -0.25) is 10.1 Å². The number of hydrogen-bond donors (Lipinski definition) is 2. The zero-order valence-electron chi connectivity index (χ0n) is 10.7. The fourth-order valence-electron chi connectivity index (χ4n) is 2.35. The van der Waals surface area contributed by atoms with Gasteiger partial charge in [0.05, 0.1) is 5.54 Å². The van der Waals surface area contributed by atoms with Crippen molar-refractivity contribution >= 4 is 5.91 Å². The average Bonchev–Trinajstić information content (AvgIpc) is 2.86. The van der Waals surface area contributed by atoms with Crippen molar-refractivity contribution in [1.29, 1.82) is 0 Å². The van der Waals surface area contributed by atoms with Gasteiger partial charge in [-0.15, -0.1) is 0 Å². The number of alkyl halides is 3. The van der Waals surface area contributed by atoms with Crippen molar-refractivity contribution in [2.24, 2.45) is 5.73 Å². The second kappa shape index (κ2) is 5.35. The Morgan fingerprint density at radius 2 is 1.85 bits per heavy atom. The van der Waals surface area contributed by atoms with Crippen LogP contribution < -0.4 is 11.1 Å². The molecule has 0 aromatic carbocycles. The summed E-state index contributed by atoms with van der Waals surface area (Å²) in [4.78, 5) is 18.1. The maximum Gasteiger partial charge on any atom is 0.451 e. The molecule has 5 nitrogen and oxygen atoms in total. The van der Waals surface area contributed by atoms with Crippen LogP contribution in [0.5, 0.6) is 0 Å². The van der Waals surface area contributed by atoms with E-state index in [1.165, 1.54) is 0 Å². The lowest BCUT2D eigenvalue weighted by atomic mass is 9.96. The van der Waals surface area contributed by atoms with Gasteiger partial charge in [-0.05, 0) is 12.8 Å². The summed E-state index contributed by atoms with van der Waals surface area (Å²) in [7, 11) is 0. The van der Waals surface area contributed by atoms with Crippen molar-refractivity contribution < 1.29 is 18.0 Å². The summed E-state index contributed by atoms with van der Waals surface area (Å²) in [5.74, 6) is -1.60. The lowest BCUT2D eigenvalue weighted by molar-refractivity contribution is -0.145. The number of amides is 1. The number of carbonyl (C=O) groups excluding carboxylic acids is 1. The molecule has 20 heavy (non-hydrogen) atoms. The summed E-state index contributed by atoms with van der Waals surface area (Å²) in [6.45, 7) is 0.209. The molecule has 1 aliphatic carbocycles. The molecule has 1 fully saturated rings. The highest BCUT2D eigenvalue weighted by Crippen LogP contribution is 2.30. The predicted molar refractivity (Wildman–Crippen MR) is 64.3 cm³/mol. The molecule has 110 valence electrons. The Bertz CT molecular complexity index is 480. The minimum atomic E-state index is -4.55. The topological polar surface area (TPSA) is 80.9 Å². The molecule has 1 saturated carbocycles. The molecule has 1 amide bonds. The molecule has 0 bridgehead atoms. The summed E-state index contributed by atoms with van der Waals surface area (Å²) in [5.41, 5.74) is 5.11. The second-order valence-electron chi connectivity index (χ2n) is 4.92. The first-order chi connectivity index (χ1) is 9.33. The Balaban J connectivity index is 2.02. The molecule has 0 unspecified atom stereocenters. The van der Waals surface area contributed by atoms with E-state index in [1.807, 2.05) is 0 Å². The lowest BCUT2D eigenvalue weighted by Crippen LogP contribution is -2.53. The smallest absolute Gasteiger partial charge is 0.368 e. The van der Waals surface area contributed by atoms with Crippen molar-refractivity contribution in [1.82, 2.24) is 15.3 Å². The Hall–Kier alpha value is -1.70. The lowest BCUT2D eigenvalue weighted by Gasteiger charge is -2.26. The van der Waals surface area contributed by atoms with Crippen LogP contribution in [0.1, 0.15) is 37.1 Å². The van der Waals surface area contributed by atoms with Gasteiger partial charge in [0.25, 0.3) is 0 Å². The number of nitrogens with zero attached hydrogens (tertiary/aromatic N) is 2. The maximum absolute atomic E-state index is 12.3. The van der Waals surface area contributed by atoms with E-state index in [0.29, 0.717) is 18.4 Å². The quantitative estimate of drug-likeness (QED) is 0.877. The first kappa shape index (κ1) is 14.7. The summed E-state index contributed by atoms with van der Waals surface area (Å²) in [6.07, 6.45) is 0.747. The maximum atomic E-state index is 12.3. The predicted octanol–water partition coefficient (Wildman–Crippen LogP) is 1.38. The minimum Gasteiger partial charge on any atom is -0.368 e. The van der Waals surface area contributed by atoms with Gasteiger partial charge in [0.1, 0.15) is 0 Å². The van der Waals surface area contributed by atoms with E-state index in [1.54, 1.807) is 0 Å². The highest BCUT2D eigenvalue weighted by Gasteiger charge is 2.39. The van der Waals surface area contributed by atoms with E-state index in [2.05, 4.69) is 15.3 Å². The first-order valence-electron chi connectivity index (χ1n) is 6.26. The summed E-state index contributed by atoms with van der Waals surface area (Å²) in [6, 6.07) is 0. The SMILES string of the molecule is NC(=O)C1(NCc2cnc(C(F)(F)F)nc2)CCCC1. The molecular formula is C12H15F3N4O. The molecule has 1 heterocycles. The monoisotopic (exact) mass is 288 g/mol. The third-order valence-corrected chi connectivity index (χ3v) is 3.52. The van der Waals surface area contributed by atoms with Crippen LogP contribution in [0, 0.1) is 0 Å². The molecule has 0 atom stereocenters. The van der Waals surface area contributed by atoms with E-state index in [-0.39, 0.29) is 6.54 Å². The molecule has 0 aliphatic heterocycles. The Morgan fingerprint density at radius 1 is 1.30 bits per heavy atom. The van der Waals surface area contributed by atoms with Gasteiger partial charge in [0, 0.05) is 24.5 Å².